The Morgan fingerprint density at radius 2 is 1.81 bits per heavy atom. The Balaban J connectivity index is 2.08. The summed E-state index contributed by atoms with van der Waals surface area (Å²) in [6, 6.07) is 13.6. The number of nitrogens with one attached hydrogen (secondary N) is 1. The maximum absolute atomic E-state index is 12.6. The molecule has 0 aromatic heterocycles. The van der Waals surface area contributed by atoms with Gasteiger partial charge in [0.2, 0.25) is 15.9 Å². The zero-order valence-electron chi connectivity index (χ0n) is 14.9. The number of sulfonamides is 1. The summed E-state index contributed by atoms with van der Waals surface area (Å²) in [5, 5.41) is 2.69. The van der Waals surface area contributed by atoms with Gasteiger partial charge >= 0.3 is 0 Å². The molecule has 0 aliphatic heterocycles. The molecule has 26 heavy (non-hydrogen) atoms. The Kier molecular flexibility index (Phi) is 7.07. The molecule has 8 heteroatoms. The summed E-state index contributed by atoms with van der Waals surface area (Å²) in [6.07, 6.45) is 1.92. The Bertz CT molecular complexity index is 852. The van der Waals surface area contributed by atoms with E-state index < -0.39 is 15.9 Å². The zero-order valence-corrected chi connectivity index (χ0v) is 16.6. The molecule has 0 aliphatic rings. The standard InChI is InChI=1S/C18H22N2O4S2/c1-4-24-17-8-6-5-7-16(17)19-18(21)13-20(2)26(22,23)15-11-9-14(25-3)10-12-15/h5-12H,4,13H2,1-3H3,(H,19,21). The van der Waals surface area contributed by atoms with Gasteiger partial charge < -0.3 is 10.1 Å². The van der Waals surface area contributed by atoms with Gasteiger partial charge in [0, 0.05) is 11.9 Å². The van der Waals surface area contributed by atoms with E-state index in [4.69, 9.17) is 4.74 Å². The largest absolute Gasteiger partial charge is 0.492 e. The van der Waals surface area contributed by atoms with Crippen molar-refractivity contribution in [3.8, 4) is 5.75 Å². The van der Waals surface area contributed by atoms with E-state index in [1.165, 1.54) is 18.8 Å². The number of rotatable bonds is 8. The van der Waals surface area contributed by atoms with Crippen LogP contribution in [0.25, 0.3) is 0 Å². The summed E-state index contributed by atoms with van der Waals surface area (Å²) in [5.74, 6) is 0.102. The molecule has 140 valence electrons. The van der Waals surface area contributed by atoms with Crippen LogP contribution < -0.4 is 10.1 Å². The van der Waals surface area contributed by atoms with Crippen molar-refractivity contribution < 1.29 is 17.9 Å². The van der Waals surface area contributed by atoms with Gasteiger partial charge in [-0.05, 0) is 49.6 Å². The number of carbonyl (C=O) groups excluding carboxylic acids is 1. The fourth-order valence-corrected chi connectivity index (χ4v) is 3.79. The first-order valence-electron chi connectivity index (χ1n) is 8.00. The summed E-state index contributed by atoms with van der Waals surface area (Å²) in [6.45, 7) is 2.02. The van der Waals surface area contributed by atoms with Crippen molar-refractivity contribution in [2.75, 3.05) is 31.8 Å². The van der Waals surface area contributed by atoms with Crippen LogP contribution in [0.2, 0.25) is 0 Å². The van der Waals surface area contributed by atoms with Crippen LogP contribution in [0.1, 0.15) is 6.92 Å². The molecule has 0 fully saturated rings. The minimum absolute atomic E-state index is 0.153. The van der Waals surface area contributed by atoms with Crippen molar-refractivity contribution in [3.63, 3.8) is 0 Å². The number of likely N-dealkylation sites (N-methyl/N-ethyl adjacent to an activating group) is 1. The third kappa shape index (κ3) is 5.00. The molecule has 0 saturated heterocycles. The average Bonchev–Trinajstić information content (AvgIpc) is 2.63. The van der Waals surface area contributed by atoms with Crippen molar-refractivity contribution in [1.29, 1.82) is 0 Å². The summed E-state index contributed by atoms with van der Waals surface area (Å²) < 4.78 is 31.7. The van der Waals surface area contributed by atoms with Crippen molar-refractivity contribution in [1.82, 2.24) is 4.31 Å². The first-order chi connectivity index (χ1) is 12.4. The van der Waals surface area contributed by atoms with Gasteiger partial charge in [0.25, 0.3) is 0 Å². The zero-order chi connectivity index (χ0) is 19.2. The van der Waals surface area contributed by atoms with Crippen molar-refractivity contribution in [2.24, 2.45) is 0 Å². The lowest BCUT2D eigenvalue weighted by Crippen LogP contribution is -2.35. The molecule has 2 rings (SSSR count). The topological polar surface area (TPSA) is 75.7 Å². The molecule has 2 aromatic carbocycles. The van der Waals surface area contributed by atoms with Gasteiger partial charge in [-0.3, -0.25) is 4.79 Å². The monoisotopic (exact) mass is 394 g/mol. The lowest BCUT2D eigenvalue weighted by Gasteiger charge is -2.18. The molecule has 1 N–H and O–H groups in total. The highest BCUT2D eigenvalue weighted by atomic mass is 32.2. The number of thioether (sulfide) groups is 1. The highest BCUT2D eigenvalue weighted by Crippen LogP contribution is 2.24. The molecule has 0 saturated carbocycles. The number of hydrogen-bond acceptors (Lipinski definition) is 5. The second-order valence-electron chi connectivity index (χ2n) is 5.41. The van der Waals surface area contributed by atoms with E-state index in [-0.39, 0.29) is 11.4 Å². The highest BCUT2D eigenvalue weighted by Gasteiger charge is 2.23. The summed E-state index contributed by atoms with van der Waals surface area (Å²) in [4.78, 5) is 13.4. The Hall–Kier alpha value is -2.03. The van der Waals surface area contributed by atoms with Crippen LogP contribution in [0.15, 0.2) is 58.3 Å². The fraction of sp³-hybridized carbons (Fsp3) is 0.278. The molecule has 2 aromatic rings. The van der Waals surface area contributed by atoms with Crippen LogP contribution in [0.5, 0.6) is 5.75 Å². The molecule has 0 heterocycles. The first-order valence-corrected chi connectivity index (χ1v) is 10.7. The van der Waals surface area contributed by atoms with Crippen LogP contribution in [0.3, 0.4) is 0 Å². The number of carbonyl (C=O) groups is 1. The molecular weight excluding hydrogens is 372 g/mol. The summed E-state index contributed by atoms with van der Waals surface area (Å²) >= 11 is 1.53. The summed E-state index contributed by atoms with van der Waals surface area (Å²) in [5.41, 5.74) is 0.509. The maximum atomic E-state index is 12.6. The van der Waals surface area contributed by atoms with E-state index in [1.807, 2.05) is 13.2 Å². The third-order valence-corrected chi connectivity index (χ3v) is 6.16. The van der Waals surface area contributed by atoms with Gasteiger partial charge in [-0.15, -0.1) is 11.8 Å². The quantitative estimate of drug-likeness (QED) is 0.697. The van der Waals surface area contributed by atoms with E-state index in [0.717, 1.165) is 9.20 Å². The second kappa shape index (κ2) is 9.07. The Morgan fingerprint density at radius 1 is 1.15 bits per heavy atom. The predicted molar refractivity (Wildman–Crippen MR) is 104 cm³/mol. The predicted octanol–water partition coefficient (Wildman–Crippen LogP) is 3.07. The number of benzene rings is 2. The fourth-order valence-electron chi connectivity index (χ4n) is 2.26. The summed E-state index contributed by atoms with van der Waals surface area (Å²) in [7, 11) is -2.36. The Morgan fingerprint density at radius 3 is 2.42 bits per heavy atom. The number of ether oxygens (including phenoxy) is 1. The van der Waals surface area contributed by atoms with Crippen LogP contribution in [0.4, 0.5) is 5.69 Å². The maximum Gasteiger partial charge on any atom is 0.243 e. The molecular formula is C18H22N2O4S2. The minimum atomic E-state index is -3.74. The van der Waals surface area contributed by atoms with E-state index in [9.17, 15) is 13.2 Å². The first kappa shape index (κ1) is 20.3. The van der Waals surface area contributed by atoms with Crippen LogP contribution in [-0.4, -0.2) is 45.1 Å². The lowest BCUT2D eigenvalue weighted by atomic mass is 10.3. The Labute approximate surface area is 158 Å². The molecule has 0 atom stereocenters. The molecule has 0 aliphatic carbocycles. The van der Waals surface area contributed by atoms with E-state index in [1.54, 1.807) is 48.5 Å². The molecule has 1 amide bonds. The third-order valence-electron chi connectivity index (χ3n) is 3.59. The highest BCUT2D eigenvalue weighted by molar-refractivity contribution is 7.98. The SMILES string of the molecule is CCOc1ccccc1NC(=O)CN(C)S(=O)(=O)c1ccc(SC)cc1. The van der Waals surface area contributed by atoms with Crippen molar-refractivity contribution in [3.05, 3.63) is 48.5 Å². The van der Waals surface area contributed by atoms with Crippen LogP contribution in [0, 0.1) is 0 Å². The van der Waals surface area contributed by atoms with Gasteiger partial charge in [-0.25, -0.2) is 8.42 Å². The minimum Gasteiger partial charge on any atom is -0.492 e. The van der Waals surface area contributed by atoms with Crippen molar-refractivity contribution >= 4 is 33.4 Å². The second-order valence-corrected chi connectivity index (χ2v) is 8.34. The smallest absolute Gasteiger partial charge is 0.243 e. The molecule has 0 unspecified atom stereocenters. The van der Waals surface area contributed by atoms with Gasteiger partial charge in [-0.1, -0.05) is 12.1 Å². The number of hydrogen-bond donors (Lipinski definition) is 1. The molecule has 6 nitrogen and oxygen atoms in total. The van der Waals surface area contributed by atoms with Gasteiger partial charge in [0.15, 0.2) is 0 Å². The average molecular weight is 395 g/mol. The van der Waals surface area contributed by atoms with Gasteiger partial charge in [0.1, 0.15) is 5.75 Å². The van der Waals surface area contributed by atoms with E-state index in [2.05, 4.69) is 5.32 Å². The number of amides is 1. The van der Waals surface area contributed by atoms with Crippen molar-refractivity contribution in [2.45, 2.75) is 16.7 Å². The van der Waals surface area contributed by atoms with Crippen LogP contribution in [-0.2, 0) is 14.8 Å². The molecule has 0 bridgehead atoms. The van der Waals surface area contributed by atoms with Gasteiger partial charge in [0.05, 0.1) is 23.7 Å². The number of para-hydroxylation sites is 2. The number of anilines is 1. The normalized spacial score (nSPS) is 11.4. The van der Waals surface area contributed by atoms with Gasteiger partial charge in [-0.2, -0.15) is 4.31 Å². The van der Waals surface area contributed by atoms with E-state index in [0.29, 0.717) is 18.0 Å². The van der Waals surface area contributed by atoms with E-state index >= 15 is 0 Å². The van der Waals surface area contributed by atoms with Crippen LogP contribution >= 0.6 is 11.8 Å². The molecule has 0 spiro atoms. The molecule has 0 radical (unpaired) electrons. The lowest BCUT2D eigenvalue weighted by molar-refractivity contribution is -0.116. The number of nitrogens with zero attached hydrogens (tertiary/aromatic N) is 1.